The molecular formula is C26H26N2O3. The molecule has 0 radical (unpaired) electrons. The zero-order valence-corrected chi connectivity index (χ0v) is 18.0. The van der Waals surface area contributed by atoms with Crippen LogP contribution in [-0.4, -0.2) is 17.5 Å². The monoisotopic (exact) mass is 414 g/mol. The number of nitrogens with one attached hydrogen (secondary N) is 1. The topological polar surface area (TPSA) is 64.4 Å². The lowest BCUT2D eigenvalue weighted by molar-refractivity contribution is 0.102. The standard InChI is InChI=1S/C26H26N2O3/c1-4-17(3)19-11-14-24-23(16-19)28-26(31-24)18-9-12-21(13-10-18)27-25(29)20-7-6-8-22(15-20)30-5-2/h6-17H,4-5H2,1-3H3,(H,27,29)/t17-/m1/s1. The predicted molar refractivity (Wildman–Crippen MR) is 124 cm³/mol. The van der Waals surface area contributed by atoms with Crippen molar-refractivity contribution in [1.82, 2.24) is 4.98 Å². The number of amides is 1. The van der Waals surface area contributed by atoms with Crippen molar-refractivity contribution in [2.45, 2.75) is 33.1 Å². The van der Waals surface area contributed by atoms with Gasteiger partial charge in [0, 0.05) is 16.8 Å². The number of hydrogen-bond donors (Lipinski definition) is 1. The Labute approximate surface area is 182 Å². The number of carbonyl (C=O) groups excluding carboxylic acids is 1. The van der Waals surface area contributed by atoms with E-state index in [0.717, 1.165) is 23.1 Å². The van der Waals surface area contributed by atoms with Crippen LogP contribution in [0.5, 0.6) is 5.75 Å². The second-order valence-corrected chi connectivity index (χ2v) is 7.55. The second kappa shape index (κ2) is 9.04. The predicted octanol–water partition coefficient (Wildman–Crippen LogP) is 6.66. The quantitative estimate of drug-likeness (QED) is 0.367. The Morgan fingerprint density at radius 2 is 1.87 bits per heavy atom. The number of aromatic nitrogens is 1. The molecular weight excluding hydrogens is 388 g/mol. The van der Waals surface area contributed by atoms with E-state index in [0.29, 0.717) is 35.4 Å². The summed E-state index contributed by atoms with van der Waals surface area (Å²) in [5, 5.41) is 2.91. The molecule has 4 rings (SSSR count). The maximum absolute atomic E-state index is 12.6. The van der Waals surface area contributed by atoms with Crippen LogP contribution >= 0.6 is 0 Å². The second-order valence-electron chi connectivity index (χ2n) is 7.55. The highest BCUT2D eigenvalue weighted by molar-refractivity contribution is 6.04. The van der Waals surface area contributed by atoms with Crippen molar-refractivity contribution in [2.24, 2.45) is 0 Å². The molecule has 31 heavy (non-hydrogen) atoms. The molecule has 0 saturated heterocycles. The lowest BCUT2D eigenvalue weighted by Gasteiger charge is -2.08. The molecule has 0 saturated carbocycles. The third kappa shape index (κ3) is 4.61. The smallest absolute Gasteiger partial charge is 0.255 e. The summed E-state index contributed by atoms with van der Waals surface area (Å²) in [5.74, 6) is 1.55. The number of ether oxygens (including phenoxy) is 1. The van der Waals surface area contributed by atoms with Gasteiger partial charge in [0.1, 0.15) is 11.3 Å². The Kier molecular flexibility index (Phi) is 6.03. The zero-order valence-electron chi connectivity index (χ0n) is 18.0. The minimum absolute atomic E-state index is 0.186. The molecule has 0 aliphatic rings. The zero-order chi connectivity index (χ0) is 21.8. The van der Waals surface area contributed by atoms with Gasteiger partial charge in [-0.2, -0.15) is 0 Å². The fourth-order valence-electron chi connectivity index (χ4n) is 3.40. The Balaban J connectivity index is 1.50. The highest BCUT2D eigenvalue weighted by atomic mass is 16.5. The van der Waals surface area contributed by atoms with Gasteiger partial charge in [0.15, 0.2) is 5.58 Å². The number of oxazole rings is 1. The van der Waals surface area contributed by atoms with Crippen LogP contribution < -0.4 is 10.1 Å². The van der Waals surface area contributed by atoms with Gasteiger partial charge < -0.3 is 14.5 Å². The van der Waals surface area contributed by atoms with Crippen molar-refractivity contribution in [3.63, 3.8) is 0 Å². The summed E-state index contributed by atoms with van der Waals surface area (Å²) in [6, 6.07) is 20.8. The highest BCUT2D eigenvalue weighted by Crippen LogP contribution is 2.28. The molecule has 0 unspecified atom stereocenters. The molecule has 0 aliphatic heterocycles. The van der Waals surface area contributed by atoms with E-state index in [4.69, 9.17) is 9.15 Å². The molecule has 0 bridgehead atoms. The molecule has 1 heterocycles. The van der Waals surface area contributed by atoms with E-state index in [2.05, 4.69) is 36.3 Å². The molecule has 1 atom stereocenters. The lowest BCUT2D eigenvalue weighted by atomic mass is 9.98. The van der Waals surface area contributed by atoms with Gasteiger partial charge in [-0.3, -0.25) is 4.79 Å². The SMILES string of the molecule is CCOc1cccc(C(=O)Nc2ccc(-c3nc4cc([C@H](C)CC)ccc4o3)cc2)c1. The fourth-order valence-corrected chi connectivity index (χ4v) is 3.40. The van der Waals surface area contributed by atoms with Crippen LogP contribution in [0.15, 0.2) is 71.1 Å². The first-order valence-electron chi connectivity index (χ1n) is 10.6. The molecule has 0 fully saturated rings. The maximum Gasteiger partial charge on any atom is 0.255 e. The minimum Gasteiger partial charge on any atom is -0.494 e. The number of fused-ring (bicyclic) bond motifs is 1. The molecule has 0 aliphatic carbocycles. The van der Waals surface area contributed by atoms with Crippen LogP contribution in [0.4, 0.5) is 5.69 Å². The maximum atomic E-state index is 12.6. The van der Waals surface area contributed by atoms with Gasteiger partial charge in [-0.1, -0.05) is 26.0 Å². The van der Waals surface area contributed by atoms with Crippen LogP contribution in [0.3, 0.4) is 0 Å². The van der Waals surface area contributed by atoms with Gasteiger partial charge in [0.25, 0.3) is 5.91 Å². The van der Waals surface area contributed by atoms with Gasteiger partial charge in [-0.25, -0.2) is 4.98 Å². The van der Waals surface area contributed by atoms with E-state index >= 15 is 0 Å². The average Bonchev–Trinajstić information content (AvgIpc) is 3.23. The minimum atomic E-state index is -0.186. The van der Waals surface area contributed by atoms with E-state index < -0.39 is 0 Å². The van der Waals surface area contributed by atoms with Crippen LogP contribution in [0.2, 0.25) is 0 Å². The molecule has 5 heteroatoms. The normalized spacial score (nSPS) is 12.0. The highest BCUT2D eigenvalue weighted by Gasteiger charge is 2.12. The van der Waals surface area contributed by atoms with Crippen molar-refractivity contribution in [2.75, 3.05) is 11.9 Å². The lowest BCUT2D eigenvalue weighted by Crippen LogP contribution is -2.11. The Hall–Kier alpha value is -3.60. The molecule has 5 nitrogen and oxygen atoms in total. The molecule has 1 aromatic heterocycles. The molecule has 3 aromatic carbocycles. The van der Waals surface area contributed by atoms with E-state index in [9.17, 15) is 4.79 Å². The van der Waals surface area contributed by atoms with Crippen molar-refractivity contribution in [3.05, 3.63) is 77.9 Å². The van der Waals surface area contributed by atoms with Crippen LogP contribution in [-0.2, 0) is 0 Å². The van der Waals surface area contributed by atoms with E-state index in [1.807, 2.05) is 49.4 Å². The van der Waals surface area contributed by atoms with Gasteiger partial charge in [-0.15, -0.1) is 0 Å². The molecule has 158 valence electrons. The average molecular weight is 415 g/mol. The number of carbonyl (C=O) groups is 1. The molecule has 1 amide bonds. The van der Waals surface area contributed by atoms with Crippen LogP contribution in [0.25, 0.3) is 22.6 Å². The Bertz CT molecular complexity index is 1190. The van der Waals surface area contributed by atoms with Crippen LogP contribution in [0, 0.1) is 0 Å². The summed E-state index contributed by atoms with van der Waals surface area (Å²) in [7, 11) is 0. The summed E-state index contributed by atoms with van der Waals surface area (Å²) < 4.78 is 11.4. The Morgan fingerprint density at radius 3 is 2.61 bits per heavy atom. The van der Waals surface area contributed by atoms with E-state index in [1.165, 1.54) is 5.56 Å². The summed E-state index contributed by atoms with van der Waals surface area (Å²) >= 11 is 0. The number of hydrogen-bond acceptors (Lipinski definition) is 4. The summed E-state index contributed by atoms with van der Waals surface area (Å²) in [6.45, 7) is 6.86. The van der Waals surface area contributed by atoms with Crippen LogP contribution in [0.1, 0.15) is 49.0 Å². The summed E-state index contributed by atoms with van der Waals surface area (Å²) in [6.07, 6.45) is 1.08. The van der Waals surface area contributed by atoms with Gasteiger partial charge in [-0.05, 0) is 79.4 Å². The van der Waals surface area contributed by atoms with Gasteiger partial charge in [0.2, 0.25) is 5.89 Å². The molecule has 0 spiro atoms. The fraction of sp³-hybridized carbons (Fsp3) is 0.231. The number of anilines is 1. The number of benzene rings is 3. The molecule has 4 aromatic rings. The van der Waals surface area contributed by atoms with Gasteiger partial charge in [0.05, 0.1) is 6.61 Å². The van der Waals surface area contributed by atoms with Gasteiger partial charge >= 0.3 is 0 Å². The third-order valence-electron chi connectivity index (χ3n) is 5.39. The van der Waals surface area contributed by atoms with Crippen molar-refractivity contribution < 1.29 is 13.9 Å². The van der Waals surface area contributed by atoms with Crippen molar-refractivity contribution in [1.29, 1.82) is 0 Å². The van der Waals surface area contributed by atoms with E-state index in [1.54, 1.807) is 12.1 Å². The van der Waals surface area contributed by atoms with Crippen molar-refractivity contribution in [3.8, 4) is 17.2 Å². The first kappa shape index (κ1) is 20.7. The Morgan fingerprint density at radius 1 is 1.06 bits per heavy atom. The number of rotatable bonds is 7. The first-order valence-corrected chi connectivity index (χ1v) is 10.6. The molecule has 1 N–H and O–H groups in total. The summed E-state index contributed by atoms with van der Waals surface area (Å²) in [5.41, 5.74) is 5.00. The summed E-state index contributed by atoms with van der Waals surface area (Å²) in [4.78, 5) is 17.2. The number of nitrogens with zero attached hydrogens (tertiary/aromatic N) is 1. The van der Waals surface area contributed by atoms with E-state index in [-0.39, 0.29) is 5.91 Å². The first-order chi connectivity index (χ1) is 15.1. The van der Waals surface area contributed by atoms with Crippen molar-refractivity contribution >= 4 is 22.7 Å². The third-order valence-corrected chi connectivity index (χ3v) is 5.39. The largest absolute Gasteiger partial charge is 0.494 e.